The van der Waals surface area contributed by atoms with Crippen LogP contribution in [-0.2, 0) is 0 Å². The molecule has 1 N–H and O–H groups in total. The smallest absolute Gasteiger partial charge is 0.391 e. The number of nitro groups is 1. The summed E-state index contributed by atoms with van der Waals surface area (Å²) in [6.45, 7) is 2.54. The van der Waals surface area contributed by atoms with E-state index in [-0.39, 0.29) is 11.4 Å². The molecule has 0 heterocycles. The predicted octanol–water partition coefficient (Wildman–Crippen LogP) is 2.90. The van der Waals surface area contributed by atoms with E-state index in [1.165, 1.54) is 6.07 Å². The third kappa shape index (κ3) is 4.69. The van der Waals surface area contributed by atoms with Gasteiger partial charge in [0.2, 0.25) is 0 Å². The molecule has 0 fully saturated rings. The van der Waals surface area contributed by atoms with Gasteiger partial charge in [-0.2, -0.15) is 13.2 Å². The van der Waals surface area contributed by atoms with Gasteiger partial charge < -0.3 is 9.84 Å². The Morgan fingerprint density at radius 2 is 2.00 bits per heavy atom. The van der Waals surface area contributed by atoms with Crippen LogP contribution in [-0.4, -0.2) is 28.9 Å². The lowest BCUT2D eigenvalue weighted by molar-refractivity contribution is -0.386. The van der Waals surface area contributed by atoms with Gasteiger partial charge in [0.05, 0.1) is 17.4 Å². The Bertz CT molecular complexity index is 502. The zero-order chi connectivity index (χ0) is 15.5. The highest BCUT2D eigenvalue weighted by Crippen LogP contribution is 2.32. The van der Waals surface area contributed by atoms with E-state index in [4.69, 9.17) is 4.74 Å². The Morgan fingerprint density at radius 1 is 1.40 bits per heavy atom. The molecule has 0 spiro atoms. The molecule has 1 aromatic carbocycles. The van der Waals surface area contributed by atoms with E-state index in [0.29, 0.717) is 11.1 Å². The van der Waals surface area contributed by atoms with Crippen molar-refractivity contribution in [2.75, 3.05) is 6.61 Å². The molecule has 5 nitrogen and oxygen atoms in total. The SMILES string of the molecule is Cc1cc(C)c(OC[C@@H](O)CC(F)(F)F)c([N+](=O)[O-])c1. The highest BCUT2D eigenvalue weighted by atomic mass is 19.4. The molecular weight excluding hydrogens is 279 g/mol. The second-order valence-corrected chi connectivity index (χ2v) is 4.47. The summed E-state index contributed by atoms with van der Waals surface area (Å²) in [6.07, 6.45) is -7.71. The Morgan fingerprint density at radius 3 is 2.50 bits per heavy atom. The summed E-state index contributed by atoms with van der Waals surface area (Å²) in [5.74, 6) is -0.123. The number of ether oxygens (including phenoxy) is 1. The first-order valence-corrected chi connectivity index (χ1v) is 5.73. The molecule has 1 rings (SSSR count). The maximum Gasteiger partial charge on any atom is 0.391 e. The van der Waals surface area contributed by atoms with Gasteiger partial charge in [0.15, 0.2) is 5.75 Å². The molecule has 8 heteroatoms. The Balaban J connectivity index is 2.85. The molecular formula is C12H14F3NO4. The summed E-state index contributed by atoms with van der Waals surface area (Å²) < 4.78 is 41.1. The first-order chi connectivity index (χ1) is 9.10. The minimum atomic E-state index is -4.52. The molecule has 1 atom stereocenters. The van der Waals surface area contributed by atoms with Crippen molar-refractivity contribution in [3.8, 4) is 5.75 Å². The summed E-state index contributed by atoms with van der Waals surface area (Å²) >= 11 is 0. The molecule has 0 unspecified atom stereocenters. The number of aliphatic hydroxyl groups is 1. The van der Waals surface area contributed by atoms with E-state index in [9.17, 15) is 28.4 Å². The fourth-order valence-electron chi connectivity index (χ4n) is 1.76. The van der Waals surface area contributed by atoms with Crippen molar-refractivity contribution in [2.45, 2.75) is 32.5 Å². The molecule has 20 heavy (non-hydrogen) atoms. The molecule has 1 aromatic rings. The molecule has 0 aliphatic heterocycles. The van der Waals surface area contributed by atoms with Crippen molar-refractivity contribution in [3.63, 3.8) is 0 Å². The zero-order valence-electron chi connectivity index (χ0n) is 10.9. The number of aryl methyl sites for hydroxylation is 2. The Kier molecular flexibility index (Phi) is 4.93. The van der Waals surface area contributed by atoms with E-state index < -0.39 is 30.2 Å². The van der Waals surface area contributed by atoms with Gasteiger partial charge in [0, 0.05) is 6.07 Å². The number of nitrogens with zero attached hydrogens (tertiary/aromatic N) is 1. The number of alkyl halides is 3. The van der Waals surface area contributed by atoms with Crippen LogP contribution < -0.4 is 4.74 Å². The first kappa shape index (κ1) is 16.2. The number of hydrogen-bond donors (Lipinski definition) is 1. The number of benzene rings is 1. The summed E-state index contributed by atoms with van der Waals surface area (Å²) in [7, 11) is 0. The molecule has 0 saturated heterocycles. The monoisotopic (exact) mass is 293 g/mol. The summed E-state index contributed by atoms with van der Waals surface area (Å²) in [6, 6.07) is 2.87. The second kappa shape index (κ2) is 6.08. The van der Waals surface area contributed by atoms with Crippen molar-refractivity contribution >= 4 is 5.69 Å². The lowest BCUT2D eigenvalue weighted by Gasteiger charge is -2.15. The molecule has 0 bridgehead atoms. The van der Waals surface area contributed by atoms with Gasteiger partial charge in [0.1, 0.15) is 6.61 Å². The number of aliphatic hydroxyl groups excluding tert-OH is 1. The number of rotatable bonds is 5. The van der Waals surface area contributed by atoms with Crippen molar-refractivity contribution in [1.29, 1.82) is 0 Å². The summed E-state index contributed by atoms with van der Waals surface area (Å²) in [4.78, 5) is 10.2. The largest absolute Gasteiger partial charge is 0.484 e. The lowest BCUT2D eigenvalue weighted by Crippen LogP contribution is -2.25. The fourth-order valence-corrected chi connectivity index (χ4v) is 1.76. The van der Waals surface area contributed by atoms with Crippen molar-refractivity contribution in [2.24, 2.45) is 0 Å². The topological polar surface area (TPSA) is 72.6 Å². The average molecular weight is 293 g/mol. The number of nitro benzene ring substituents is 1. The van der Waals surface area contributed by atoms with Crippen LogP contribution in [0.5, 0.6) is 5.75 Å². The van der Waals surface area contributed by atoms with Crippen molar-refractivity contribution in [1.82, 2.24) is 0 Å². The molecule has 0 aliphatic rings. The van der Waals surface area contributed by atoms with Crippen LogP contribution in [0.3, 0.4) is 0 Å². The summed E-state index contributed by atoms with van der Waals surface area (Å²) in [5.41, 5.74) is 0.731. The normalized spacial score (nSPS) is 13.1. The molecule has 0 aromatic heterocycles. The van der Waals surface area contributed by atoms with E-state index in [2.05, 4.69) is 0 Å². The molecule has 0 aliphatic carbocycles. The van der Waals surface area contributed by atoms with Gasteiger partial charge in [-0.3, -0.25) is 10.1 Å². The zero-order valence-corrected chi connectivity index (χ0v) is 10.9. The van der Waals surface area contributed by atoms with Gasteiger partial charge >= 0.3 is 11.9 Å². The maximum absolute atomic E-state index is 12.0. The second-order valence-electron chi connectivity index (χ2n) is 4.47. The van der Waals surface area contributed by atoms with E-state index in [0.717, 1.165) is 0 Å². The van der Waals surface area contributed by atoms with Gasteiger partial charge in [-0.25, -0.2) is 0 Å². The average Bonchev–Trinajstić information content (AvgIpc) is 2.24. The van der Waals surface area contributed by atoms with Gasteiger partial charge in [0.25, 0.3) is 0 Å². The Hall–Kier alpha value is -1.83. The minimum Gasteiger partial charge on any atom is -0.484 e. The third-order valence-electron chi connectivity index (χ3n) is 2.48. The Labute approximate surface area is 113 Å². The lowest BCUT2D eigenvalue weighted by atomic mass is 10.1. The third-order valence-corrected chi connectivity index (χ3v) is 2.48. The van der Waals surface area contributed by atoms with E-state index >= 15 is 0 Å². The van der Waals surface area contributed by atoms with Crippen LogP contribution >= 0.6 is 0 Å². The van der Waals surface area contributed by atoms with Gasteiger partial charge in [-0.1, -0.05) is 6.07 Å². The van der Waals surface area contributed by atoms with Crippen LogP contribution in [0.2, 0.25) is 0 Å². The number of hydrogen-bond acceptors (Lipinski definition) is 4. The quantitative estimate of drug-likeness (QED) is 0.669. The highest BCUT2D eigenvalue weighted by Gasteiger charge is 2.31. The van der Waals surface area contributed by atoms with Crippen molar-refractivity contribution in [3.05, 3.63) is 33.4 Å². The molecule has 0 saturated carbocycles. The molecule has 0 amide bonds. The van der Waals surface area contributed by atoms with Crippen LogP contribution in [0, 0.1) is 24.0 Å². The predicted molar refractivity (Wildman–Crippen MR) is 64.7 cm³/mol. The highest BCUT2D eigenvalue weighted by molar-refractivity contribution is 5.53. The van der Waals surface area contributed by atoms with E-state index in [1.54, 1.807) is 19.9 Å². The first-order valence-electron chi connectivity index (χ1n) is 5.73. The van der Waals surface area contributed by atoms with Crippen LogP contribution in [0.4, 0.5) is 18.9 Å². The van der Waals surface area contributed by atoms with Crippen LogP contribution in [0.25, 0.3) is 0 Å². The van der Waals surface area contributed by atoms with Gasteiger partial charge in [-0.05, 0) is 25.0 Å². The van der Waals surface area contributed by atoms with Crippen LogP contribution in [0.1, 0.15) is 17.5 Å². The van der Waals surface area contributed by atoms with E-state index in [1.807, 2.05) is 0 Å². The fraction of sp³-hybridized carbons (Fsp3) is 0.500. The summed E-state index contributed by atoms with van der Waals surface area (Å²) in [5, 5.41) is 20.1. The molecule has 0 radical (unpaired) electrons. The van der Waals surface area contributed by atoms with Crippen molar-refractivity contribution < 1.29 is 27.9 Å². The minimum absolute atomic E-state index is 0.123. The maximum atomic E-state index is 12.0. The molecule has 112 valence electrons. The van der Waals surface area contributed by atoms with Crippen LogP contribution in [0.15, 0.2) is 12.1 Å². The number of halogens is 3. The van der Waals surface area contributed by atoms with Gasteiger partial charge in [-0.15, -0.1) is 0 Å². The standard InChI is InChI=1S/C12H14F3NO4/c1-7-3-8(2)11(10(4-7)16(18)19)20-6-9(17)5-12(13,14)15/h3-4,9,17H,5-6H2,1-2H3/t9-/m0/s1.